The van der Waals surface area contributed by atoms with Gasteiger partial charge in [-0.1, -0.05) is 38.1 Å². The predicted molar refractivity (Wildman–Crippen MR) is 263 cm³/mol. The third-order valence-corrected chi connectivity index (χ3v) is 15.1. The summed E-state index contributed by atoms with van der Waals surface area (Å²) in [7, 11) is 8.61. The fourth-order valence-corrected chi connectivity index (χ4v) is 11.3. The van der Waals surface area contributed by atoms with E-state index in [-0.39, 0.29) is 13.2 Å². The van der Waals surface area contributed by atoms with E-state index in [0.29, 0.717) is 37.3 Å². The molecule has 10 rings (SSSR count). The Morgan fingerprint density at radius 2 is 1.02 bits per heavy atom. The van der Waals surface area contributed by atoms with Crippen molar-refractivity contribution in [3.8, 4) is 0 Å². The first kappa shape index (κ1) is 46.2. The van der Waals surface area contributed by atoms with Crippen LogP contribution in [0.3, 0.4) is 0 Å². The second-order valence-electron chi connectivity index (χ2n) is 19.2. The van der Waals surface area contributed by atoms with Crippen LogP contribution in [0.2, 0.25) is 0 Å². The molecule has 0 spiro atoms. The highest BCUT2D eigenvalue weighted by molar-refractivity contribution is 5.57. The van der Waals surface area contributed by atoms with E-state index in [9.17, 15) is 10.2 Å². The van der Waals surface area contributed by atoms with E-state index in [1.54, 1.807) is 0 Å². The SMILES string of the molecule is CCN(Cc1nc2cccc(N3CC[C@@H](N(C)C)C3)n2c1CO)[C@H]1CCCc2cccnc21.CCN(Cc1nc2cccc(N3CC[C@@H](N(C)C)C3)n2c1CO)[C@H]1CCCc2cccnc21. The van der Waals surface area contributed by atoms with Gasteiger partial charge in [0.25, 0.3) is 0 Å². The van der Waals surface area contributed by atoms with Crippen LogP contribution in [-0.4, -0.2) is 138 Å². The summed E-state index contributed by atoms with van der Waals surface area (Å²) in [5.41, 5.74) is 10.8. The van der Waals surface area contributed by atoms with Crippen LogP contribution in [0.25, 0.3) is 11.3 Å². The fraction of sp³-hybridized carbons (Fsp3) is 0.538. The van der Waals surface area contributed by atoms with Crippen molar-refractivity contribution >= 4 is 22.9 Å². The van der Waals surface area contributed by atoms with Crippen LogP contribution < -0.4 is 9.80 Å². The van der Waals surface area contributed by atoms with Crippen molar-refractivity contribution in [1.82, 2.24) is 48.3 Å². The molecule has 2 N–H and O–H groups in total. The van der Waals surface area contributed by atoms with Gasteiger partial charge in [0.15, 0.2) is 0 Å². The van der Waals surface area contributed by atoms with Crippen molar-refractivity contribution < 1.29 is 10.2 Å². The molecule has 2 saturated heterocycles. The quantitative estimate of drug-likeness (QED) is 0.124. The monoisotopic (exact) mass is 897 g/mol. The lowest BCUT2D eigenvalue weighted by molar-refractivity contribution is 0.171. The highest BCUT2D eigenvalue weighted by Gasteiger charge is 2.32. The Morgan fingerprint density at radius 1 is 0.576 bits per heavy atom. The average molecular weight is 897 g/mol. The minimum absolute atomic E-state index is 0.0183. The molecule has 8 heterocycles. The van der Waals surface area contributed by atoms with Gasteiger partial charge in [0.05, 0.1) is 59.5 Å². The summed E-state index contributed by atoms with van der Waals surface area (Å²) in [5.74, 6) is 2.26. The Hall–Kier alpha value is -4.96. The van der Waals surface area contributed by atoms with E-state index in [4.69, 9.17) is 19.9 Å². The van der Waals surface area contributed by atoms with Crippen LogP contribution in [0, 0.1) is 0 Å². The molecule has 2 fully saturated rings. The molecular formula is C52H72N12O2. The molecule has 14 nitrogen and oxygen atoms in total. The van der Waals surface area contributed by atoms with Gasteiger partial charge < -0.3 is 29.8 Å². The highest BCUT2D eigenvalue weighted by atomic mass is 16.3. The van der Waals surface area contributed by atoms with Crippen molar-refractivity contribution in [3.05, 3.63) is 118 Å². The molecule has 4 aliphatic rings. The lowest BCUT2D eigenvalue weighted by Crippen LogP contribution is -2.32. The van der Waals surface area contributed by atoms with Gasteiger partial charge in [0.2, 0.25) is 0 Å². The second kappa shape index (κ2) is 20.5. The van der Waals surface area contributed by atoms with Crippen molar-refractivity contribution in [3.63, 3.8) is 0 Å². The summed E-state index contributed by atoms with van der Waals surface area (Å²) in [6, 6.07) is 22.8. The molecular weight excluding hydrogens is 825 g/mol. The summed E-state index contributed by atoms with van der Waals surface area (Å²) < 4.78 is 4.35. The summed E-state index contributed by atoms with van der Waals surface area (Å²) in [4.78, 5) is 34.0. The molecule has 0 bridgehead atoms. The average Bonchev–Trinajstić information content (AvgIpc) is 4.17. The van der Waals surface area contributed by atoms with Gasteiger partial charge in [0, 0.05) is 63.7 Å². The molecule has 0 radical (unpaired) electrons. The zero-order valence-electron chi connectivity index (χ0n) is 40.2. The molecule has 2 aliphatic heterocycles. The molecule has 6 aromatic heterocycles. The smallest absolute Gasteiger partial charge is 0.138 e. The number of aliphatic hydroxyl groups is 2. The third kappa shape index (κ3) is 9.20. The molecule has 4 atom stereocenters. The van der Waals surface area contributed by atoms with E-state index in [2.05, 4.69) is 129 Å². The first-order valence-electron chi connectivity index (χ1n) is 24.6. The van der Waals surface area contributed by atoms with Crippen molar-refractivity contribution in [2.45, 2.75) is 116 Å². The van der Waals surface area contributed by atoms with Crippen LogP contribution in [0.1, 0.15) is 110 Å². The third-order valence-electron chi connectivity index (χ3n) is 15.1. The maximum absolute atomic E-state index is 10.4. The molecule has 0 unspecified atom stereocenters. The van der Waals surface area contributed by atoms with Gasteiger partial charge in [0.1, 0.15) is 22.9 Å². The van der Waals surface area contributed by atoms with E-state index < -0.39 is 0 Å². The van der Waals surface area contributed by atoms with Crippen LogP contribution >= 0.6 is 0 Å². The first-order chi connectivity index (χ1) is 32.2. The molecule has 352 valence electrons. The largest absolute Gasteiger partial charge is 0.390 e. The maximum atomic E-state index is 10.4. The number of likely N-dealkylation sites (N-methyl/N-ethyl adjacent to an activating group) is 2. The van der Waals surface area contributed by atoms with Crippen molar-refractivity contribution in [1.29, 1.82) is 0 Å². The van der Waals surface area contributed by atoms with Crippen molar-refractivity contribution in [2.24, 2.45) is 0 Å². The van der Waals surface area contributed by atoms with Crippen LogP contribution in [-0.2, 0) is 39.1 Å². The number of aromatic nitrogens is 6. The molecule has 14 heteroatoms. The molecule has 0 aromatic carbocycles. The minimum atomic E-state index is -0.0183. The van der Waals surface area contributed by atoms with Crippen molar-refractivity contribution in [2.75, 3.05) is 77.3 Å². The maximum Gasteiger partial charge on any atom is 0.138 e. The number of fused-ring (bicyclic) bond motifs is 4. The fourth-order valence-electron chi connectivity index (χ4n) is 11.3. The molecule has 66 heavy (non-hydrogen) atoms. The number of hydrogen-bond donors (Lipinski definition) is 2. The Bertz CT molecular complexity index is 2390. The second-order valence-corrected chi connectivity index (χ2v) is 19.2. The number of aliphatic hydroxyl groups excluding tert-OH is 2. The highest BCUT2D eigenvalue weighted by Crippen LogP contribution is 2.37. The van der Waals surface area contributed by atoms with Crippen LogP contribution in [0.5, 0.6) is 0 Å². The minimum Gasteiger partial charge on any atom is -0.390 e. The van der Waals surface area contributed by atoms with Gasteiger partial charge >= 0.3 is 0 Å². The van der Waals surface area contributed by atoms with Gasteiger partial charge in [-0.25, -0.2) is 9.97 Å². The molecule has 2 aliphatic carbocycles. The van der Waals surface area contributed by atoms with Crippen LogP contribution in [0.4, 0.5) is 11.6 Å². The van der Waals surface area contributed by atoms with Gasteiger partial charge in [-0.15, -0.1) is 0 Å². The Labute approximate surface area is 391 Å². The Kier molecular flexibility index (Phi) is 14.3. The van der Waals surface area contributed by atoms with E-state index in [1.165, 1.54) is 35.4 Å². The molecule has 6 aromatic rings. The van der Waals surface area contributed by atoms with E-state index in [1.807, 2.05) is 24.5 Å². The normalized spacial score (nSPS) is 20.8. The lowest BCUT2D eigenvalue weighted by atomic mass is 9.90. The van der Waals surface area contributed by atoms with Gasteiger partial charge in [-0.2, -0.15) is 0 Å². The zero-order chi connectivity index (χ0) is 45.9. The van der Waals surface area contributed by atoms with Gasteiger partial charge in [-0.3, -0.25) is 28.6 Å². The lowest BCUT2D eigenvalue weighted by Gasteiger charge is -2.34. The summed E-state index contributed by atoms with van der Waals surface area (Å²) in [5, 5.41) is 20.9. The number of aryl methyl sites for hydroxylation is 2. The molecule has 0 amide bonds. The number of anilines is 2. The standard InChI is InChI=1S/2C26H36N6O/c2*1-4-30(22-10-5-8-19-9-7-14-27-26(19)22)17-21-23(18-33)32-24(28-21)11-6-12-25(32)31-15-13-20(16-31)29(2)3/h2*6-7,9,11-12,14,20,22,33H,4-5,8,10,13,15-18H2,1-3H3/t2*20-,22+/m11/s1. The summed E-state index contributed by atoms with van der Waals surface area (Å²) in [6.45, 7) is 11.7. The van der Waals surface area contributed by atoms with E-state index in [0.717, 1.165) is 123 Å². The topological polar surface area (TPSA) is 120 Å². The Balaban J connectivity index is 0.000000166. The first-order valence-corrected chi connectivity index (χ1v) is 24.6. The summed E-state index contributed by atoms with van der Waals surface area (Å²) >= 11 is 0. The number of hydrogen-bond acceptors (Lipinski definition) is 12. The van der Waals surface area contributed by atoms with E-state index >= 15 is 0 Å². The van der Waals surface area contributed by atoms with Crippen LogP contribution in [0.15, 0.2) is 73.1 Å². The number of rotatable bonds is 14. The number of nitrogens with zero attached hydrogens (tertiary/aromatic N) is 12. The summed E-state index contributed by atoms with van der Waals surface area (Å²) in [6.07, 6.45) is 13.0. The molecule has 0 saturated carbocycles. The zero-order valence-corrected chi connectivity index (χ0v) is 40.2. The Morgan fingerprint density at radius 3 is 1.39 bits per heavy atom. The van der Waals surface area contributed by atoms with Gasteiger partial charge in [-0.05, 0) is 140 Å². The number of pyridine rings is 4. The predicted octanol–water partition coefficient (Wildman–Crippen LogP) is 6.52. The number of imidazole rings is 2.